The number of para-hydroxylation sites is 2. The minimum Gasteiger partial charge on any atom is -0.486 e. The number of ether oxygens (including phenoxy) is 1. The van der Waals surface area contributed by atoms with E-state index in [1.807, 2.05) is 59.5 Å². The van der Waals surface area contributed by atoms with Crippen molar-refractivity contribution < 1.29 is 9.53 Å². The Morgan fingerprint density at radius 2 is 1.76 bits per heavy atom. The van der Waals surface area contributed by atoms with E-state index in [4.69, 9.17) is 4.74 Å². The van der Waals surface area contributed by atoms with Crippen molar-refractivity contribution in [2.45, 2.75) is 32.4 Å². The second kappa shape index (κ2) is 5.60. The van der Waals surface area contributed by atoms with Crippen molar-refractivity contribution in [2.24, 2.45) is 0 Å². The third-order valence-electron chi connectivity index (χ3n) is 3.90. The second-order valence-corrected chi connectivity index (χ2v) is 5.45. The van der Waals surface area contributed by atoms with Gasteiger partial charge in [0.2, 0.25) is 5.91 Å². The van der Waals surface area contributed by atoms with Gasteiger partial charge < -0.3 is 9.64 Å². The Bertz CT molecular complexity index is 639. The molecule has 2 aromatic carbocycles. The van der Waals surface area contributed by atoms with Gasteiger partial charge in [-0.3, -0.25) is 4.79 Å². The van der Waals surface area contributed by atoms with Crippen molar-refractivity contribution in [1.82, 2.24) is 0 Å². The minimum atomic E-state index is -0.0193. The van der Waals surface area contributed by atoms with Gasteiger partial charge in [-0.15, -0.1) is 0 Å². The number of amides is 1. The van der Waals surface area contributed by atoms with Crippen molar-refractivity contribution in [3.8, 4) is 5.75 Å². The van der Waals surface area contributed by atoms with Crippen LogP contribution in [0.25, 0.3) is 0 Å². The van der Waals surface area contributed by atoms with Crippen LogP contribution < -0.4 is 9.64 Å². The average molecular weight is 281 g/mol. The normalized spacial score (nSPS) is 20.8. The van der Waals surface area contributed by atoms with Gasteiger partial charge in [-0.25, -0.2) is 0 Å². The van der Waals surface area contributed by atoms with Crippen LogP contribution in [0.15, 0.2) is 54.6 Å². The molecule has 21 heavy (non-hydrogen) atoms. The van der Waals surface area contributed by atoms with Crippen molar-refractivity contribution in [1.29, 1.82) is 0 Å². The summed E-state index contributed by atoms with van der Waals surface area (Å²) in [6.07, 6.45) is 0.778. The van der Waals surface area contributed by atoms with E-state index in [1.54, 1.807) is 6.92 Å². The maximum Gasteiger partial charge on any atom is 0.224 e. The zero-order chi connectivity index (χ0) is 14.8. The highest BCUT2D eigenvalue weighted by molar-refractivity contribution is 5.93. The molecule has 1 aliphatic rings. The molecule has 0 fully saturated rings. The molecule has 0 radical (unpaired) electrons. The molecular weight excluding hydrogens is 262 g/mol. The van der Waals surface area contributed by atoms with E-state index >= 15 is 0 Å². The SMILES string of the molecule is CC(=O)N1c2ccccc2[C@@H](Oc2ccccc2)C[C@H]1C. The molecule has 0 aliphatic carbocycles. The Morgan fingerprint density at radius 1 is 1.10 bits per heavy atom. The lowest BCUT2D eigenvalue weighted by Crippen LogP contribution is -2.42. The first kappa shape index (κ1) is 13.7. The fourth-order valence-electron chi connectivity index (χ4n) is 3.01. The number of rotatable bonds is 2. The fourth-order valence-corrected chi connectivity index (χ4v) is 3.01. The summed E-state index contributed by atoms with van der Waals surface area (Å²) in [4.78, 5) is 13.8. The maximum atomic E-state index is 11.9. The maximum absolute atomic E-state index is 11.9. The van der Waals surface area contributed by atoms with Gasteiger partial charge in [-0.1, -0.05) is 36.4 Å². The minimum absolute atomic E-state index is 0.0193. The standard InChI is InChI=1S/C18H19NO2/c1-13-12-18(21-15-8-4-3-5-9-15)16-10-6-7-11-17(16)19(13)14(2)20/h3-11,13,18H,12H2,1-2H3/t13-,18+/m1/s1. The molecule has 2 atom stereocenters. The predicted octanol–water partition coefficient (Wildman–Crippen LogP) is 3.95. The molecule has 0 aromatic heterocycles. The molecule has 3 heteroatoms. The Kier molecular flexibility index (Phi) is 3.65. The van der Waals surface area contributed by atoms with Gasteiger partial charge in [-0.05, 0) is 25.1 Å². The van der Waals surface area contributed by atoms with Crippen LogP contribution in [-0.4, -0.2) is 11.9 Å². The number of hydrogen-bond acceptors (Lipinski definition) is 2. The Hall–Kier alpha value is -2.29. The van der Waals surface area contributed by atoms with Crippen LogP contribution in [0.3, 0.4) is 0 Å². The Labute approximate surface area is 125 Å². The van der Waals surface area contributed by atoms with Gasteiger partial charge >= 0.3 is 0 Å². The summed E-state index contributed by atoms with van der Waals surface area (Å²) in [5.74, 6) is 0.939. The van der Waals surface area contributed by atoms with E-state index < -0.39 is 0 Å². The highest BCUT2D eigenvalue weighted by Gasteiger charge is 2.33. The fraction of sp³-hybridized carbons (Fsp3) is 0.278. The van der Waals surface area contributed by atoms with Gasteiger partial charge in [-0.2, -0.15) is 0 Å². The van der Waals surface area contributed by atoms with E-state index in [2.05, 4.69) is 6.92 Å². The number of nitrogens with zero attached hydrogens (tertiary/aromatic N) is 1. The highest BCUT2D eigenvalue weighted by Crippen LogP contribution is 2.39. The van der Waals surface area contributed by atoms with Gasteiger partial charge in [0.1, 0.15) is 11.9 Å². The van der Waals surface area contributed by atoms with Crippen molar-refractivity contribution in [3.63, 3.8) is 0 Å². The van der Waals surface area contributed by atoms with E-state index in [-0.39, 0.29) is 18.1 Å². The lowest BCUT2D eigenvalue weighted by atomic mass is 9.93. The smallest absolute Gasteiger partial charge is 0.224 e. The Morgan fingerprint density at radius 3 is 2.48 bits per heavy atom. The topological polar surface area (TPSA) is 29.5 Å². The summed E-state index contributed by atoms with van der Waals surface area (Å²) in [7, 11) is 0. The average Bonchev–Trinajstić information content (AvgIpc) is 2.48. The molecule has 1 aliphatic heterocycles. The van der Waals surface area contributed by atoms with E-state index in [0.29, 0.717) is 0 Å². The molecule has 0 unspecified atom stereocenters. The van der Waals surface area contributed by atoms with Crippen LogP contribution in [-0.2, 0) is 4.79 Å². The molecule has 0 saturated carbocycles. The van der Waals surface area contributed by atoms with Crippen LogP contribution in [0.5, 0.6) is 5.75 Å². The van der Waals surface area contributed by atoms with Crippen molar-refractivity contribution in [3.05, 3.63) is 60.2 Å². The van der Waals surface area contributed by atoms with Gasteiger partial charge in [0.25, 0.3) is 0 Å². The monoisotopic (exact) mass is 281 g/mol. The number of fused-ring (bicyclic) bond motifs is 1. The first-order valence-corrected chi connectivity index (χ1v) is 7.27. The van der Waals surface area contributed by atoms with Gasteiger partial charge in [0.05, 0.1) is 5.69 Å². The Balaban J connectivity index is 1.96. The summed E-state index contributed by atoms with van der Waals surface area (Å²) in [6.45, 7) is 3.68. The van der Waals surface area contributed by atoms with Gasteiger partial charge in [0, 0.05) is 24.9 Å². The molecule has 1 heterocycles. The first-order chi connectivity index (χ1) is 10.2. The first-order valence-electron chi connectivity index (χ1n) is 7.27. The van der Waals surface area contributed by atoms with Crippen LogP contribution >= 0.6 is 0 Å². The third-order valence-corrected chi connectivity index (χ3v) is 3.90. The zero-order valence-corrected chi connectivity index (χ0v) is 12.3. The van der Waals surface area contributed by atoms with Crippen molar-refractivity contribution in [2.75, 3.05) is 4.90 Å². The lowest BCUT2D eigenvalue weighted by Gasteiger charge is -2.38. The number of hydrogen-bond donors (Lipinski definition) is 0. The molecular formula is C18H19NO2. The number of carbonyl (C=O) groups is 1. The molecule has 0 saturated heterocycles. The number of benzene rings is 2. The van der Waals surface area contributed by atoms with Crippen LogP contribution in [0.4, 0.5) is 5.69 Å². The second-order valence-electron chi connectivity index (χ2n) is 5.45. The van der Waals surface area contributed by atoms with Crippen LogP contribution in [0.2, 0.25) is 0 Å². The molecule has 2 aromatic rings. The van der Waals surface area contributed by atoms with E-state index in [0.717, 1.165) is 23.4 Å². The quantitative estimate of drug-likeness (QED) is 0.834. The summed E-state index contributed by atoms with van der Waals surface area (Å²) < 4.78 is 6.14. The molecule has 0 bridgehead atoms. The molecule has 108 valence electrons. The summed E-state index contributed by atoms with van der Waals surface area (Å²) >= 11 is 0. The third kappa shape index (κ3) is 2.64. The molecule has 0 N–H and O–H groups in total. The molecule has 1 amide bonds. The molecule has 3 rings (SSSR count). The van der Waals surface area contributed by atoms with Crippen LogP contribution in [0, 0.1) is 0 Å². The molecule has 3 nitrogen and oxygen atoms in total. The molecule has 0 spiro atoms. The van der Waals surface area contributed by atoms with E-state index in [9.17, 15) is 4.79 Å². The zero-order valence-electron chi connectivity index (χ0n) is 12.3. The summed E-state index contributed by atoms with van der Waals surface area (Å²) in [5, 5.41) is 0. The largest absolute Gasteiger partial charge is 0.486 e. The van der Waals surface area contributed by atoms with E-state index in [1.165, 1.54) is 0 Å². The lowest BCUT2D eigenvalue weighted by molar-refractivity contribution is -0.117. The van der Waals surface area contributed by atoms with Crippen molar-refractivity contribution >= 4 is 11.6 Å². The predicted molar refractivity (Wildman–Crippen MR) is 83.5 cm³/mol. The summed E-state index contributed by atoms with van der Waals surface area (Å²) in [6, 6.07) is 18.0. The number of anilines is 1. The van der Waals surface area contributed by atoms with Gasteiger partial charge in [0.15, 0.2) is 0 Å². The highest BCUT2D eigenvalue weighted by atomic mass is 16.5. The van der Waals surface area contributed by atoms with Crippen LogP contribution in [0.1, 0.15) is 31.9 Å². The number of carbonyl (C=O) groups excluding carboxylic acids is 1. The summed E-state index contributed by atoms with van der Waals surface area (Å²) in [5.41, 5.74) is 2.04.